The van der Waals surface area contributed by atoms with Crippen molar-refractivity contribution in [1.29, 1.82) is 0 Å². The molecule has 0 radical (unpaired) electrons. The number of ether oxygens (including phenoxy) is 2. The molecule has 1 aromatic rings. The van der Waals surface area contributed by atoms with Gasteiger partial charge in [0.05, 0.1) is 18.6 Å². The van der Waals surface area contributed by atoms with E-state index in [9.17, 15) is 19.5 Å². The highest BCUT2D eigenvalue weighted by Crippen LogP contribution is 2.39. The minimum atomic E-state index is -1.03. The number of nitrogens with zero attached hydrogens (tertiary/aromatic N) is 1. The second kappa shape index (κ2) is 7.92. The molecule has 2 rings (SSSR count). The SMILES string of the molecule is CCOc1cc(Br)cc(/C=C2/SC(=O)N([C@@H](C)C(=O)OC)C2=O)c1O. The van der Waals surface area contributed by atoms with Crippen molar-refractivity contribution in [2.24, 2.45) is 0 Å². The number of imide groups is 1. The highest BCUT2D eigenvalue weighted by Gasteiger charge is 2.41. The van der Waals surface area contributed by atoms with Crippen LogP contribution in [0.3, 0.4) is 0 Å². The predicted octanol–water partition coefficient (Wildman–Crippen LogP) is 3.15. The molecule has 1 aliphatic heterocycles. The van der Waals surface area contributed by atoms with Crippen LogP contribution >= 0.6 is 27.7 Å². The predicted molar refractivity (Wildman–Crippen MR) is 96.3 cm³/mol. The quantitative estimate of drug-likeness (QED) is 0.567. The highest BCUT2D eigenvalue weighted by molar-refractivity contribution is 9.10. The number of phenolic OH excluding ortho intramolecular Hbond substituents is 1. The second-order valence-corrected chi connectivity index (χ2v) is 6.93. The van der Waals surface area contributed by atoms with E-state index in [0.29, 0.717) is 28.4 Å². The summed E-state index contributed by atoms with van der Waals surface area (Å²) < 4.78 is 10.6. The second-order valence-electron chi connectivity index (χ2n) is 5.03. The molecule has 0 bridgehead atoms. The molecule has 0 unspecified atom stereocenters. The number of carbonyl (C=O) groups is 3. The van der Waals surface area contributed by atoms with E-state index in [0.717, 1.165) is 4.90 Å². The number of benzene rings is 1. The molecule has 0 saturated carbocycles. The third-order valence-corrected chi connectivity index (χ3v) is 4.75. The molecule has 1 aromatic carbocycles. The van der Waals surface area contributed by atoms with E-state index in [1.165, 1.54) is 20.1 Å². The maximum absolute atomic E-state index is 12.5. The molecule has 1 aliphatic rings. The van der Waals surface area contributed by atoms with Crippen LogP contribution < -0.4 is 4.74 Å². The lowest BCUT2D eigenvalue weighted by Crippen LogP contribution is -2.42. The van der Waals surface area contributed by atoms with Gasteiger partial charge in [-0.15, -0.1) is 0 Å². The third kappa shape index (κ3) is 3.98. The van der Waals surface area contributed by atoms with Crippen molar-refractivity contribution >= 4 is 50.9 Å². The Hall–Kier alpha value is -2.00. The number of hydrogen-bond donors (Lipinski definition) is 1. The van der Waals surface area contributed by atoms with Gasteiger partial charge in [0.1, 0.15) is 6.04 Å². The van der Waals surface area contributed by atoms with Gasteiger partial charge in [-0.05, 0) is 43.8 Å². The molecule has 134 valence electrons. The van der Waals surface area contributed by atoms with E-state index < -0.39 is 23.2 Å². The van der Waals surface area contributed by atoms with Gasteiger partial charge in [0.2, 0.25) is 0 Å². The summed E-state index contributed by atoms with van der Waals surface area (Å²) in [4.78, 5) is 37.1. The molecule has 1 saturated heterocycles. The van der Waals surface area contributed by atoms with Gasteiger partial charge in [0.25, 0.3) is 11.1 Å². The monoisotopic (exact) mass is 429 g/mol. The topological polar surface area (TPSA) is 93.1 Å². The van der Waals surface area contributed by atoms with Gasteiger partial charge in [0.15, 0.2) is 11.5 Å². The van der Waals surface area contributed by atoms with E-state index in [-0.39, 0.29) is 16.4 Å². The van der Waals surface area contributed by atoms with Crippen LogP contribution in [0.4, 0.5) is 4.79 Å². The van der Waals surface area contributed by atoms with Crippen LogP contribution in [-0.2, 0) is 14.3 Å². The highest BCUT2D eigenvalue weighted by atomic mass is 79.9. The van der Waals surface area contributed by atoms with Crippen molar-refractivity contribution in [3.63, 3.8) is 0 Å². The van der Waals surface area contributed by atoms with Crippen molar-refractivity contribution in [3.8, 4) is 11.5 Å². The molecule has 2 amide bonds. The van der Waals surface area contributed by atoms with Crippen LogP contribution in [0.2, 0.25) is 0 Å². The zero-order valence-electron chi connectivity index (χ0n) is 13.7. The van der Waals surface area contributed by atoms with E-state index >= 15 is 0 Å². The van der Waals surface area contributed by atoms with Crippen molar-refractivity contribution in [1.82, 2.24) is 4.90 Å². The number of methoxy groups -OCH3 is 1. The molecule has 1 N–H and O–H groups in total. The summed E-state index contributed by atoms with van der Waals surface area (Å²) in [5.41, 5.74) is 0.314. The first kappa shape index (κ1) is 19.3. The van der Waals surface area contributed by atoms with Gasteiger partial charge < -0.3 is 14.6 Å². The maximum Gasteiger partial charge on any atom is 0.328 e. The molecule has 7 nitrogen and oxygen atoms in total. The number of halogens is 1. The minimum Gasteiger partial charge on any atom is -0.504 e. The van der Waals surface area contributed by atoms with Crippen LogP contribution in [-0.4, -0.2) is 46.9 Å². The molecule has 25 heavy (non-hydrogen) atoms. The molecule has 0 spiro atoms. The molecule has 1 heterocycles. The van der Waals surface area contributed by atoms with E-state index in [4.69, 9.17) is 4.74 Å². The van der Waals surface area contributed by atoms with Gasteiger partial charge >= 0.3 is 5.97 Å². The van der Waals surface area contributed by atoms with Crippen LogP contribution in [0.15, 0.2) is 21.5 Å². The third-order valence-electron chi connectivity index (χ3n) is 3.41. The van der Waals surface area contributed by atoms with Crippen molar-refractivity contribution in [3.05, 3.63) is 27.1 Å². The zero-order valence-corrected chi connectivity index (χ0v) is 16.1. The fourth-order valence-corrected chi connectivity index (χ4v) is 3.55. The van der Waals surface area contributed by atoms with E-state index in [1.54, 1.807) is 19.1 Å². The zero-order chi connectivity index (χ0) is 18.7. The largest absolute Gasteiger partial charge is 0.504 e. The standard InChI is InChI=1S/C16H16BrNO6S/c1-4-24-11-7-10(17)5-9(13(11)19)6-12-14(20)18(16(22)25-12)8(2)15(21)23-3/h5-8,19H,4H2,1-3H3/b12-6+/t8-/m0/s1. The van der Waals surface area contributed by atoms with Gasteiger partial charge in [-0.3, -0.25) is 14.5 Å². The molecule has 0 aromatic heterocycles. The first-order valence-corrected chi connectivity index (χ1v) is 8.91. The fourth-order valence-electron chi connectivity index (χ4n) is 2.20. The van der Waals surface area contributed by atoms with Gasteiger partial charge in [-0.25, -0.2) is 4.79 Å². The Morgan fingerprint density at radius 2 is 2.12 bits per heavy atom. The Morgan fingerprint density at radius 3 is 2.72 bits per heavy atom. The Balaban J connectivity index is 2.38. The summed E-state index contributed by atoms with van der Waals surface area (Å²) in [5, 5.41) is 9.70. The summed E-state index contributed by atoms with van der Waals surface area (Å²) in [6, 6.07) is 2.16. The summed E-state index contributed by atoms with van der Waals surface area (Å²) >= 11 is 4.00. The normalized spacial score (nSPS) is 17.1. The van der Waals surface area contributed by atoms with Crippen LogP contribution in [0.5, 0.6) is 11.5 Å². The van der Waals surface area contributed by atoms with Crippen LogP contribution in [0.25, 0.3) is 6.08 Å². The fraction of sp³-hybridized carbons (Fsp3) is 0.312. The number of esters is 1. The number of carbonyl (C=O) groups excluding carboxylic acids is 3. The number of amides is 2. The first-order chi connectivity index (χ1) is 11.8. The number of aromatic hydroxyl groups is 1. The average molecular weight is 430 g/mol. The number of thioether (sulfide) groups is 1. The Bertz CT molecular complexity index is 763. The van der Waals surface area contributed by atoms with Gasteiger partial charge in [-0.1, -0.05) is 15.9 Å². The van der Waals surface area contributed by atoms with Gasteiger partial charge in [-0.2, -0.15) is 0 Å². The molecule has 9 heteroatoms. The summed E-state index contributed by atoms with van der Waals surface area (Å²) in [6.07, 6.45) is 1.39. The lowest BCUT2D eigenvalue weighted by molar-refractivity contribution is -0.148. The Labute approximate surface area is 157 Å². The lowest BCUT2D eigenvalue weighted by Gasteiger charge is -2.18. The Kier molecular flexibility index (Phi) is 6.12. The smallest absolute Gasteiger partial charge is 0.328 e. The lowest BCUT2D eigenvalue weighted by atomic mass is 10.1. The first-order valence-electron chi connectivity index (χ1n) is 7.30. The molecular weight excluding hydrogens is 414 g/mol. The summed E-state index contributed by atoms with van der Waals surface area (Å²) in [7, 11) is 1.18. The molecule has 1 atom stereocenters. The number of phenols is 1. The average Bonchev–Trinajstić information content (AvgIpc) is 2.84. The molecular formula is C16H16BrNO6S. The summed E-state index contributed by atoms with van der Waals surface area (Å²) in [6.45, 7) is 3.55. The number of rotatable bonds is 5. The number of hydrogen-bond acceptors (Lipinski definition) is 7. The maximum atomic E-state index is 12.5. The minimum absolute atomic E-state index is 0.0941. The molecule has 0 aliphatic carbocycles. The van der Waals surface area contributed by atoms with Crippen molar-refractivity contribution < 1.29 is 29.0 Å². The van der Waals surface area contributed by atoms with E-state index in [2.05, 4.69) is 20.7 Å². The summed E-state index contributed by atoms with van der Waals surface area (Å²) in [5.74, 6) is -1.19. The van der Waals surface area contributed by atoms with E-state index in [1.807, 2.05) is 0 Å². The van der Waals surface area contributed by atoms with Crippen LogP contribution in [0.1, 0.15) is 19.4 Å². The molecule has 1 fully saturated rings. The van der Waals surface area contributed by atoms with Crippen molar-refractivity contribution in [2.75, 3.05) is 13.7 Å². The van der Waals surface area contributed by atoms with Gasteiger partial charge in [0, 0.05) is 10.0 Å². The Morgan fingerprint density at radius 1 is 1.44 bits per heavy atom. The van der Waals surface area contributed by atoms with Crippen molar-refractivity contribution in [2.45, 2.75) is 19.9 Å². The van der Waals surface area contributed by atoms with Crippen LogP contribution in [0, 0.1) is 0 Å².